The van der Waals surface area contributed by atoms with Gasteiger partial charge in [-0.05, 0) is 38.6 Å². The third-order valence-corrected chi connectivity index (χ3v) is 3.57. The molecule has 1 aromatic heterocycles. The third kappa shape index (κ3) is 3.35. The van der Waals surface area contributed by atoms with Crippen molar-refractivity contribution >= 4 is 11.9 Å². The number of nitrogens with one attached hydrogen (secondary N) is 1. The highest BCUT2D eigenvalue weighted by molar-refractivity contribution is 5.86. The normalized spacial score (nSPS) is 19.5. The molecule has 104 valence electrons. The fourth-order valence-electron chi connectivity index (χ4n) is 2.43. The number of likely N-dealkylation sites (N-methyl/N-ethyl adjacent to an activating group) is 1. The maximum atomic E-state index is 11.8. The number of likely N-dealkylation sites (tertiary alicyclic amines) is 1. The average Bonchev–Trinajstić information content (AvgIpc) is 2.95. The van der Waals surface area contributed by atoms with Gasteiger partial charge in [0.25, 0.3) is 0 Å². The summed E-state index contributed by atoms with van der Waals surface area (Å²) in [7, 11) is 2.05. The van der Waals surface area contributed by atoms with E-state index in [1.165, 1.54) is 10.6 Å². The predicted octanol–water partition coefficient (Wildman–Crippen LogP) is 0.397. The molecule has 0 radical (unpaired) electrons. The van der Waals surface area contributed by atoms with Crippen LogP contribution in [0.5, 0.6) is 0 Å². The van der Waals surface area contributed by atoms with Gasteiger partial charge in [0.05, 0.1) is 0 Å². The molecule has 0 saturated carbocycles. The molecule has 1 amide bonds. The number of hydrogen-bond donors (Lipinski definition) is 2. The Balaban J connectivity index is 1.84. The highest BCUT2D eigenvalue weighted by Crippen LogP contribution is 2.13. The van der Waals surface area contributed by atoms with Crippen molar-refractivity contribution < 1.29 is 14.7 Å². The number of nitrogens with zero attached hydrogens (tertiary/aromatic N) is 2. The smallest absolute Gasteiger partial charge is 0.352 e. The molecule has 19 heavy (non-hydrogen) atoms. The fraction of sp³-hybridized carbons (Fsp3) is 0.538. The van der Waals surface area contributed by atoms with E-state index in [1.54, 1.807) is 12.3 Å². The quantitative estimate of drug-likeness (QED) is 0.808. The predicted molar refractivity (Wildman–Crippen MR) is 70.1 cm³/mol. The number of aromatic carboxylic acids is 1. The molecule has 0 bridgehead atoms. The second-order valence-electron chi connectivity index (χ2n) is 4.91. The maximum absolute atomic E-state index is 11.8. The van der Waals surface area contributed by atoms with Gasteiger partial charge in [-0.1, -0.05) is 0 Å². The van der Waals surface area contributed by atoms with Crippen LogP contribution >= 0.6 is 0 Å². The molecule has 2 heterocycles. The van der Waals surface area contributed by atoms with Gasteiger partial charge in [0.1, 0.15) is 12.2 Å². The lowest BCUT2D eigenvalue weighted by atomic mass is 10.2. The van der Waals surface area contributed by atoms with Crippen LogP contribution in [0, 0.1) is 0 Å². The van der Waals surface area contributed by atoms with E-state index in [1.807, 2.05) is 0 Å². The molecule has 6 nitrogen and oxygen atoms in total. The summed E-state index contributed by atoms with van der Waals surface area (Å²) >= 11 is 0. The van der Waals surface area contributed by atoms with Gasteiger partial charge < -0.3 is 19.9 Å². The molecular formula is C13H19N3O3. The summed E-state index contributed by atoms with van der Waals surface area (Å²) in [5.74, 6) is -1.17. The third-order valence-electron chi connectivity index (χ3n) is 3.57. The van der Waals surface area contributed by atoms with Crippen molar-refractivity contribution in [1.29, 1.82) is 0 Å². The van der Waals surface area contributed by atoms with Gasteiger partial charge in [-0.3, -0.25) is 4.79 Å². The number of carboxylic acid groups (broad SMARTS) is 1. The van der Waals surface area contributed by atoms with Gasteiger partial charge in [-0.15, -0.1) is 0 Å². The summed E-state index contributed by atoms with van der Waals surface area (Å²) in [4.78, 5) is 25.0. The van der Waals surface area contributed by atoms with Gasteiger partial charge in [0, 0.05) is 18.8 Å². The van der Waals surface area contributed by atoms with E-state index in [0.29, 0.717) is 12.6 Å². The van der Waals surface area contributed by atoms with Crippen molar-refractivity contribution in [2.75, 3.05) is 20.1 Å². The molecule has 1 atom stereocenters. The van der Waals surface area contributed by atoms with Crippen LogP contribution in [0.25, 0.3) is 0 Å². The fourth-order valence-corrected chi connectivity index (χ4v) is 2.43. The van der Waals surface area contributed by atoms with Crippen molar-refractivity contribution in [3.05, 3.63) is 24.0 Å². The minimum atomic E-state index is -1.02. The van der Waals surface area contributed by atoms with Crippen molar-refractivity contribution in [1.82, 2.24) is 14.8 Å². The second-order valence-corrected chi connectivity index (χ2v) is 4.91. The molecule has 1 aliphatic rings. The summed E-state index contributed by atoms with van der Waals surface area (Å²) in [6, 6.07) is 3.51. The van der Waals surface area contributed by atoms with Crippen molar-refractivity contribution in [2.45, 2.75) is 25.4 Å². The van der Waals surface area contributed by atoms with E-state index in [4.69, 9.17) is 5.11 Å². The summed E-state index contributed by atoms with van der Waals surface area (Å²) in [5, 5.41) is 11.8. The number of carboxylic acids is 1. The first-order valence-electron chi connectivity index (χ1n) is 6.43. The second kappa shape index (κ2) is 5.88. The summed E-state index contributed by atoms with van der Waals surface area (Å²) in [6.07, 6.45) is 3.86. The number of hydrogen-bond acceptors (Lipinski definition) is 3. The molecule has 0 aliphatic carbocycles. The van der Waals surface area contributed by atoms with Crippen LogP contribution in [0.4, 0.5) is 0 Å². The first kappa shape index (κ1) is 13.6. The number of aromatic nitrogens is 1. The largest absolute Gasteiger partial charge is 0.477 e. The summed E-state index contributed by atoms with van der Waals surface area (Å²) in [6.45, 7) is 1.74. The van der Waals surface area contributed by atoms with Crippen LogP contribution in [-0.4, -0.2) is 52.6 Å². The van der Waals surface area contributed by atoms with E-state index < -0.39 is 5.97 Å². The van der Waals surface area contributed by atoms with E-state index in [0.717, 1.165) is 19.4 Å². The minimum absolute atomic E-state index is 0.0467. The lowest BCUT2D eigenvalue weighted by molar-refractivity contribution is -0.121. The van der Waals surface area contributed by atoms with Gasteiger partial charge in [-0.2, -0.15) is 0 Å². The summed E-state index contributed by atoms with van der Waals surface area (Å²) in [5.41, 5.74) is 0.133. The minimum Gasteiger partial charge on any atom is -0.477 e. The Morgan fingerprint density at radius 1 is 1.53 bits per heavy atom. The zero-order chi connectivity index (χ0) is 13.8. The first-order valence-corrected chi connectivity index (χ1v) is 6.43. The van der Waals surface area contributed by atoms with Crippen LogP contribution < -0.4 is 5.32 Å². The monoisotopic (exact) mass is 265 g/mol. The molecule has 1 aromatic rings. The lowest BCUT2D eigenvalue weighted by Crippen LogP contribution is -2.39. The zero-order valence-electron chi connectivity index (χ0n) is 11.0. The van der Waals surface area contributed by atoms with Gasteiger partial charge in [0.15, 0.2) is 0 Å². The molecule has 1 saturated heterocycles. The first-order chi connectivity index (χ1) is 9.08. The number of amides is 1. The molecule has 1 aliphatic heterocycles. The Morgan fingerprint density at radius 2 is 2.32 bits per heavy atom. The van der Waals surface area contributed by atoms with Crippen LogP contribution in [-0.2, 0) is 11.3 Å². The van der Waals surface area contributed by atoms with Crippen molar-refractivity contribution in [2.24, 2.45) is 0 Å². The van der Waals surface area contributed by atoms with Gasteiger partial charge in [0.2, 0.25) is 5.91 Å². The van der Waals surface area contributed by atoms with Crippen LogP contribution in [0.2, 0.25) is 0 Å². The number of carbonyl (C=O) groups excluding carboxylic acids is 1. The standard InChI is InChI=1S/C13H19N3O3/c1-15-6-2-4-10(15)8-14-12(17)9-16-7-3-5-11(16)13(18)19/h3,5,7,10H,2,4,6,8-9H2,1H3,(H,14,17)(H,18,19). The topological polar surface area (TPSA) is 74.6 Å². The average molecular weight is 265 g/mol. The van der Waals surface area contributed by atoms with Crippen molar-refractivity contribution in [3.8, 4) is 0 Å². The van der Waals surface area contributed by atoms with Crippen LogP contribution in [0.3, 0.4) is 0 Å². The highest BCUT2D eigenvalue weighted by atomic mass is 16.4. The molecule has 0 spiro atoms. The SMILES string of the molecule is CN1CCCC1CNC(=O)Cn1cccc1C(=O)O. The van der Waals surface area contributed by atoms with Gasteiger partial charge >= 0.3 is 5.97 Å². The van der Waals surface area contributed by atoms with Gasteiger partial charge in [-0.25, -0.2) is 4.79 Å². The Morgan fingerprint density at radius 3 is 2.95 bits per heavy atom. The molecule has 2 N–H and O–H groups in total. The Hall–Kier alpha value is -1.82. The zero-order valence-corrected chi connectivity index (χ0v) is 11.0. The lowest BCUT2D eigenvalue weighted by Gasteiger charge is -2.19. The van der Waals surface area contributed by atoms with E-state index in [-0.39, 0.29) is 18.1 Å². The molecule has 2 rings (SSSR count). The molecule has 6 heteroatoms. The molecule has 0 aromatic carbocycles. The van der Waals surface area contributed by atoms with E-state index in [2.05, 4.69) is 17.3 Å². The Bertz CT molecular complexity index is 469. The van der Waals surface area contributed by atoms with E-state index >= 15 is 0 Å². The number of carbonyl (C=O) groups is 2. The molecular weight excluding hydrogens is 246 g/mol. The van der Waals surface area contributed by atoms with Crippen LogP contribution in [0.15, 0.2) is 18.3 Å². The maximum Gasteiger partial charge on any atom is 0.352 e. The van der Waals surface area contributed by atoms with E-state index in [9.17, 15) is 9.59 Å². The molecule has 1 fully saturated rings. The Kier molecular flexibility index (Phi) is 4.21. The van der Waals surface area contributed by atoms with Crippen LogP contribution in [0.1, 0.15) is 23.3 Å². The molecule has 1 unspecified atom stereocenters. The number of rotatable bonds is 5. The Labute approximate surface area is 112 Å². The van der Waals surface area contributed by atoms with Crippen molar-refractivity contribution in [3.63, 3.8) is 0 Å². The highest BCUT2D eigenvalue weighted by Gasteiger charge is 2.21. The summed E-state index contributed by atoms with van der Waals surface area (Å²) < 4.78 is 1.44.